The quantitative estimate of drug-likeness (QED) is 0.254. The Labute approximate surface area is 257 Å². The average Bonchev–Trinajstić information content (AvgIpc) is 3.79. The van der Waals surface area contributed by atoms with Crippen molar-refractivity contribution < 1.29 is 9.59 Å². The van der Waals surface area contributed by atoms with Gasteiger partial charge in [-0.3, -0.25) is 14.5 Å². The van der Waals surface area contributed by atoms with Crippen molar-refractivity contribution in [2.24, 2.45) is 0 Å². The lowest BCUT2D eigenvalue weighted by Gasteiger charge is -2.27. The normalized spacial score (nSPS) is 14.9. The van der Waals surface area contributed by atoms with E-state index in [0.717, 1.165) is 54.8 Å². The molecule has 2 aliphatic rings. The number of carbonyl (C=O) groups excluding carboxylic acids is 2. The van der Waals surface area contributed by atoms with E-state index in [1.54, 1.807) is 24.5 Å². The number of hydrogen-bond acceptors (Lipinski definition) is 7. The molecule has 0 atom stereocenters. The predicted octanol–water partition coefficient (Wildman–Crippen LogP) is 5.28. The van der Waals surface area contributed by atoms with Crippen molar-refractivity contribution in [2.45, 2.75) is 38.6 Å². The number of carbonyl (C=O) groups is 2. The standard InChI is InChI=1S/C30H29Cl2N9O2/c31-18-5-6-23-25(12-18)38-30(37-23)41(10-3-4-27(42)40-11-7-22-26(15-40)35-16-33-22)28-20-13-21(32)19(14-24(20)34-17-36-28)29(43)39-8-1-2-9-39/h5-6,12-14,16-17H,1-4,7-11,15H2,(H,33,35)(H,37,38). The van der Waals surface area contributed by atoms with Crippen LogP contribution in [-0.2, 0) is 17.8 Å². The minimum Gasteiger partial charge on any atom is -0.347 e. The van der Waals surface area contributed by atoms with Gasteiger partial charge >= 0.3 is 0 Å². The molecule has 220 valence electrons. The van der Waals surface area contributed by atoms with Gasteiger partial charge in [-0.25, -0.2) is 19.9 Å². The van der Waals surface area contributed by atoms with Gasteiger partial charge in [0.2, 0.25) is 11.9 Å². The maximum Gasteiger partial charge on any atom is 0.255 e. The number of halogens is 2. The van der Waals surface area contributed by atoms with Crippen molar-refractivity contribution >= 4 is 68.7 Å². The number of amides is 2. The van der Waals surface area contributed by atoms with Crippen LogP contribution in [0.2, 0.25) is 10.0 Å². The molecular formula is C30H29Cl2N9O2. The van der Waals surface area contributed by atoms with Crippen molar-refractivity contribution in [1.29, 1.82) is 0 Å². The van der Waals surface area contributed by atoms with Crippen LogP contribution >= 0.6 is 23.2 Å². The fraction of sp³-hybridized carbons (Fsp3) is 0.333. The number of anilines is 2. The first-order chi connectivity index (χ1) is 20.9. The number of benzene rings is 2. The Hall–Kier alpha value is -4.22. The summed E-state index contributed by atoms with van der Waals surface area (Å²) in [5.74, 6) is 1.12. The lowest BCUT2D eigenvalue weighted by atomic mass is 10.1. The Kier molecular flexibility index (Phi) is 7.36. The minimum atomic E-state index is -0.0888. The van der Waals surface area contributed by atoms with Crippen LogP contribution in [-0.4, -0.2) is 77.7 Å². The number of likely N-dealkylation sites (tertiary alicyclic amines) is 1. The molecule has 0 saturated carbocycles. The molecule has 0 radical (unpaired) electrons. The number of nitrogens with zero attached hydrogens (tertiary/aromatic N) is 7. The Bertz CT molecular complexity index is 1850. The third-order valence-electron chi connectivity index (χ3n) is 8.17. The van der Waals surface area contributed by atoms with Gasteiger partial charge in [-0.2, -0.15) is 0 Å². The highest BCUT2D eigenvalue weighted by Gasteiger charge is 2.26. The first-order valence-electron chi connectivity index (χ1n) is 14.4. The highest BCUT2D eigenvalue weighted by atomic mass is 35.5. The lowest BCUT2D eigenvalue weighted by molar-refractivity contribution is -0.132. The third kappa shape index (κ3) is 5.38. The summed E-state index contributed by atoms with van der Waals surface area (Å²) in [4.78, 5) is 56.8. The molecule has 0 aliphatic carbocycles. The minimum absolute atomic E-state index is 0.0808. The van der Waals surface area contributed by atoms with E-state index in [1.807, 2.05) is 26.8 Å². The fourth-order valence-electron chi connectivity index (χ4n) is 5.91. The second-order valence-electron chi connectivity index (χ2n) is 10.9. The van der Waals surface area contributed by atoms with Gasteiger partial charge in [0, 0.05) is 49.4 Å². The van der Waals surface area contributed by atoms with Crippen LogP contribution in [0, 0.1) is 0 Å². The van der Waals surface area contributed by atoms with E-state index >= 15 is 0 Å². The van der Waals surface area contributed by atoms with Gasteiger partial charge in [0.1, 0.15) is 12.1 Å². The van der Waals surface area contributed by atoms with Crippen LogP contribution in [0.25, 0.3) is 21.9 Å². The Morgan fingerprint density at radius 3 is 2.70 bits per heavy atom. The number of rotatable bonds is 7. The topological polar surface area (TPSA) is 127 Å². The summed E-state index contributed by atoms with van der Waals surface area (Å²) >= 11 is 13.0. The summed E-state index contributed by atoms with van der Waals surface area (Å²) in [7, 11) is 0. The van der Waals surface area contributed by atoms with E-state index in [1.165, 1.54) is 6.33 Å². The molecule has 5 heterocycles. The summed E-state index contributed by atoms with van der Waals surface area (Å²) in [5.41, 5.74) is 4.58. The zero-order valence-electron chi connectivity index (χ0n) is 23.3. The molecule has 0 unspecified atom stereocenters. The second kappa shape index (κ2) is 11.5. The summed E-state index contributed by atoms with van der Waals surface area (Å²) in [5, 5.41) is 1.62. The second-order valence-corrected chi connectivity index (χ2v) is 11.8. The van der Waals surface area contributed by atoms with Crippen LogP contribution < -0.4 is 4.90 Å². The van der Waals surface area contributed by atoms with Crippen molar-refractivity contribution in [1.82, 2.24) is 39.7 Å². The summed E-state index contributed by atoms with van der Waals surface area (Å²) < 4.78 is 0. The van der Waals surface area contributed by atoms with Gasteiger partial charge in [0.15, 0.2) is 0 Å². The predicted molar refractivity (Wildman–Crippen MR) is 165 cm³/mol. The number of nitrogens with one attached hydrogen (secondary N) is 2. The third-order valence-corrected chi connectivity index (χ3v) is 8.72. The molecular weight excluding hydrogens is 589 g/mol. The fourth-order valence-corrected chi connectivity index (χ4v) is 6.33. The van der Waals surface area contributed by atoms with E-state index in [4.69, 9.17) is 28.2 Å². The summed E-state index contributed by atoms with van der Waals surface area (Å²) in [6.07, 6.45) is 6.78. The first-order valence-corrected chi connectivity index (χ1v) is 15.2. The molecule has 7 rings (SSSR count). The molecule has 3 aromatic heterocycles. The average molecular weight is 619 g/mol. The zero-order valence-corrected chi connectivity index (χ0v) is 24.8. The van der Waals surface area contributed by atoms with Crippen molar-refractivity contribution in [3.63, 3.8) is 0 Å². The highest BCUT2D eigenvalue weighted by Crippen LogP contribution is 2.34. The van der Waals surface area contributed by atoms with Gasteiger partial charge in [-0.1, -0.05) is 23.2 Å². The van der Waals surface area contributed by atoms with Crippen LogP contribution in [0.4, 0.5) is 11.8 Å². The molecule has 1 fully saturated rings. The molecule has 2 aliphatic heterocycles. The highest BCUT2D eigenvalue weighted by molar-refractivity contribution is 6.35. The lowest BCUT2D eigenvalue weighted by Crippen LogP contribution is -2.36. The van der Waals surface area contributed by atoms with Gasteiger partial charge in [-0.05, 0) is 49.6 Å². The number of fused-ring (bicyclic) bond motifs is 3. The monoisotopic (exact) mass is 617 g/mol. The molecule has 1 saturated heterocycles. The smallest absolute Gasteiger partial charge is 0.255 e. The molecule has 13 heteroatoms. The van der Waals surface area contributed by atoms with Gasteiger partial charge in [-0.15, -0.1) is 0 Å². The maximum atomic E-state index is 13.2. The first kappa shape index (κ1) is 27.6. The van der Waals surface area contributed by atoms with Crippen LogP contribution in [0.5, 0.6) is 0 Å². The number of aromatic nitrogens is 6. The van der Waals surface area contributed by atoms with E-state index < -0.39 is 0 Å². The van der Waals surface area contributed by atoms with Crippen LogP contribution in [0.15, 0.2) is 43.0 Å². The van der Waals surface area contributed by atoms with E-state index in [0.29, 0.717) is 70.8 Å². The Morgan fingerprint density at radius 1 is 0.977 bits per heavy atom. The number of hydrogen-bond donors (Lipinski definition) is 2. The van der Waals surface area contributed by atoms with Gasteiger partial charge in [0.05, 0.1) is 51.4 Å². The number of aromatic amines is 2. The molecule has 0 spiro atoms. The molecule has 2 N–H and O–H groups in total. The summed E-state index contributed by atoms with van der Waals surface area (Å²) in [6, 6.07) is 8.96. The van der Waals surface area contributed by atoms with Gasteiger partial charge < -0.3 is 19.8 Å². The SMILES string of the molecule is O=C(CCCN(c1nc2ccc(Cl)cc2[nH]1)c1ncnc2cc(C(=O)N3CCCC3)c(Cl)cc12)N1CCc2nc[nH]c2C1. The Morgan fingerprint density at radius 2 is 1.84 bits per heavy atom. The van der Waals surface area contributed by atoms with E-state index in [-0.39, 0.29) is 11.8 Å². The summed E-state index contributed by atoms with van der Waals surface area (Å²) in [6.45, 7) is 3.09. The van der Waals surface area contributed by atoms with Crippen molar-refractivity contribution in [3.05, 3.63) is 70.0 Å². The zero-order chi connectivity index (χ0) is 29.5. The molecule has 2 amide bonds. The van der Waals surface area contributed by atoms with E-state index in [9.17, 15) is 9.59 Å². The van der Waals surface area contributed by atoms with Crippen LogP contribution in [0.3, 0.4) is 0 Å². The molecule has 2 aromatic carbocycles. The van der Waals surface area contributed by atoms with Crippen molar-refractivity contribution in [2.75, 3.05) is 31.1 Å². The number of H-pyrrole nitrogens is 2. The Balaban J connectivity index is 1.19. The molecule has 11 nitrogen and oxygen atoms in total. The van der Waals surface area contributed by atoms with Crippen molar-refractivity contribution in [3.8, 4) is 0 Å². The van der Waals surface area contributed by atoms with Crippen LogP contribution in [0.1, 0.15) is 47.4 Å². The molecule has 43 heavy (non-hydrogen) atoms. The number of imidazole rings is 2. The molecule has 5 aromatic rings. The largest absolute Gasteiger partial charge is 0.347 e. The molecule has 0 bridgehead atoms. The maximum absolute atomic E-state index is 13.2. The van der Waals surface area contributed by atoms with Gasteiger partial charge in [0.25, 0.3) is 5.91 Å². The van der Waals surface area contributed by atoms with E-state index in [2.05, 4.69) is 24.9 Å².